The Balaban J connectivity index is 2.17. The van der Waals surface area contributed by atoms with Gasteiger partial charge in [0.1, 0.15) is 6.10 Å². The molecule has 6 nitrogen and oxygen atoms in total. The Morgan fingerprint density at radius 3 is 2.70 bits per heavy atom. The average molecular weight is 302 g/mol. The number of halogens is 1. The summed E-state index contributed by atoms with van der Waals surface area (Å²) in [5, 5.41) is 24.7. The van der Waals surface area contributed by atoms with E-state index in [1.165, 1.54) is 4.90 Å². The van der Waals surface area contributed by atoms with Gasteiger partial charge in [0.15, 0.2) is 5.69 Å². The van der Waals surface area contributed by atoms with Crippen molar-refractivity contribution in [1.82, 2.24) is 14.7 Å². The second kappa shape index (κ2) is 5.35. The molecule has 2 heterocycles. The molecule has 0 unspecified atom stereocenters. The van der Waals surface area contributed by atoms with E-state index in [1.54, 1.807) is 18.7 Å². The van der Waals surface area contributed by atoms with Gasteiger partial charge in [-0.1, -0.05) is 18.5 Å². The minimum absolute atomic E-state index is 0.0924. The second-order valence-electron chi connectivity index (χ2n) is 5.35. The lowest BCUT2D eigenvalue weighted by atomic mass is 9.86. The van der Waals surface area contributed by atoms with Crippen LogP contribution in [-0.2, 0) is 7.05 Å². The Hall–Kier alpha value is -1.11. The highest BCUT2D eigenvalue weighted by Gasteiger charge is 2.41. The molecule has 1 fully saturated rings. The van der Waals surface area contributed by atoms with Crippen LogP contribution >= 0.6 is 11.6 Å². The van der Waals surface area contributed by atoms with Crippen molar-refractivity contribution in [2.45, 2.75) is 38.4 Å². The molecule has 1 aliphatic heterocycles. The molecule has 1 aromatic heterocycles. The number of hydrogen-bond acceptors (Lipinski definition) is 4. The molecule has 1 aromatic rings. The van der Waals surface area contributed by atoms with Gasteiger partial charge in [-0.05, 0) is 19.8 Å². The number of aromatic nitrogens is 2. The second-order valence-corrected chi connectivity index (χ2v) is 5.72. The first kappa shape index (κ1) is 15.3. The van der Waals surface area contributed by atoms with Crippen molar-refractivity contribution < 1.29 is 15.0 Å². The van der Waals surface area contributed by atoms with Crippen molar-refractivity contribution in [2.75, 3.05) is 13.1 Å². The highest BCUT2D eigenvalue weighted by Crippen LogP contribution is 2.28. The number of aryl methyl sites for hydroxylation is 1. The summed E-state index contributed by atoms with van der Waals surface area (Å²) in [6, 6.07) is 0. The summed E-state index contributed by atoms with van der Waals surface area (Å²) in [7, 11) is 1.72. The zero-order chi connectivity index (χ0) is 15.1. The van der Waals surface area contributed by atoms with Crippen LogP contribution in [0.3, 0.4) is 0 Å². The fraction of sp³-hybridized carbons (Fsp3) is 0.692. The number of likely N-dealkylation sites (tertiary alicyclic amines) is 1. The Kier molecular flexibility index (Phi) is 4.09. The van der Waals surface area contributed by atoms with E-state index >= 15 is 0 Å². The van der Waals surface area contributed by atoms with Gasteiger partial charge in [0.25, 0.3) is 5.91 Å². The monoisotopic (exact) mass is 301 g/mol. The molecule has 0 saturated carbocycles. The largest absolute Gasteiger partial charge is 0.388 e. The van der Waals surface area contributed by atoms with Gasteiger partial charge < -0.3 is 15.1 Å². The molecular formula is C13H20ClN3O3. The number of amides is 1. The maximum absolute atomic E-state index is 12.4. The lowest BCUT2D eigenvalue weighted by Crippen LogP contribution is -2.56. The standard InChI is InChI=1S/C13H20ClN3O3/c1-4-13(20)5-6-17(7-9(13)18)12(19)11-10(14)8(2)16(3)15-11/h9,18,20H,4-7H2,1-3H3/t9-,13-/m1/s1. The van der Waals surface area contributed by atoms with E-state index in [0.29, 0.717) is 24.4 Å². The van der Waals surface area contributed by atoms with E-state index in [4.69, 9.17) is 11.6 Å². The zero-order valence-electron chi connectivity index (χ0n) is 11.9. The van der Waals surface area contributed by atoms with Crippen LogP contribution in [0.4, 0.5) is 0 Å². The Bertz CT molecular complexity index is 531. The smallest absolute Gasteiger partial charge is 0.276 e. The first-order valence-electron chi connectivity index (χ1n) is 6.69. The number of carbonyl (C=O) groups is 1. The predicted molar refractivity (Wildman–Crippen MR) is 74.7 cm³/mol. The van der Waals surface area contributed by atoms with Crippen molar-refractivity contribution >= 4 is 17.5 Å². The number of aliphatic hydroxyl groups is 2. The fourth-order valence-corrected chi connectivity index (χ4v) is 2.67. The number of carbonyl (C=O) groups excluding carboxylic acids is 1. The fourth-order valence-electron chi connectivity index (χ4n) is 2.43. The van der Waals surface area contributed by atoms with Crippen LogP contribution in [0.2, 0.25) is 5.02 Å². The van der Waals surface area contributed by atoms with Crippen molar-refractivity contribution in [3.63, 3.8) is 0 Å². The zero-order valence-corrected chi connectivity index (χ0v) is 12.7. The number of piperidine rings is 1. The molecule has 20 heavy (non-hydrogen) atoms. The van der Waals surface area contributed by atoms with E-state index in [2.05, 4.69) is 5.10 Å². The Morgan fingerprint density at radius 2 is 2.25 bits per heavy atom. The summed E-state index contributed by atoms with van der Waals surface area (Å²) in [5.41, 5.74) is -0.195. The minimum Gasteiger partial charge on any atom is -0.388 e. The molecule has 0 aliphatic carbocycles. The summed E-state index contributed by atoms with van der Waals surface area (Å²) >= 11 is 6.11. The highest BCUT2D eigenvalue weighted by atomic mass is 35.5. The predicted octanol–water partition coefficient (Wildman–Crippen LogP) is 0.730. The summed E-state index contributed by atoms with van der Waals surface area (Å²) in [4.78, 5) is 13.9. The Morgan fingerprint density at radius 1 is 1.60 bits per heavy atom. The molecule has 0 radical (unpaired) electrons. The van der Waals surface area contributed by atoms with Crippen LogP contribution < -0.4 is 0 Å². The van der Waals surface area contributed by atoms with Crippen molar-refractivity contribution in [1.29, 1.82) is 0 Å². The molecule has 112 valence electrons. The number of nitrogens with zero attached hydrogens (tertiary/aromatic N) is 3. The first-order chi connectivity index (χ1) is 9.30. The van der Waals surface area contributed by atoms with E-state index in [0.717, 1.165) is 5.69 Å². The van der Waals surface area contributed by atoms with Crippen LogP contribution in [0.25, 0.3) is 0 Å². The van der Waals surface area contributed by atoms with Crippen molar-refractivity contribution in [3.8, 4) is 0 Å². The van der Waals surface area contributed by atoms with Crippen LogP contribution in [0.1, 0.15) is 35.9 Å². The molecule has 2 atom stereocenters. The molecule has 0 spiro atoms. The average Bonchev–Trinajstić information content (AvgIpc) is 2.69. The van der Waals surface area contributed by atoms with Gasteiger partial charge in [-0.3, -0.25) is 9.48 Å². The molecule has 0 bridgehead atoms. The van der Waals surface area contributed by atoms with Gasteiger partial charge >= 0.3 is 0 Å². The van der Waals surface area contributed by atoms with Gasteiger partial charge in [-0.2, -0.15) is 5.10 Å². The number of β-amino-alcohol motifs (C(OH)–C–C–N with tert-alkyl or cyclic N) is 1. The molecular weight excluding hydrogens is 282 g/mol. The van der Waals surface area contributed by atoms with Crippen molar-refractivity contribution in [3.05, 3.63) is 16.4 Å². The number of rotatable bonds is 2. The molecule has 2 rings (SSSR count). The van der Waals surface area contributed by atoms with E-state index in [-0.39, 0.29) is 18.1 Å². The molecule has 1 saturated heterocycles. The maximum Gasteiger partial charge on any atom is 0.276 e. The van der Waals surface area contributed by atoms with E-state index in [1.807, 2.05) is 6.92 Å². The first-order valence-corrected chi connectivity index (χ1v) is 7.06. The summed E-state index contributed by atoms with van der Waals surface area (Å²) < 4.78 is 1.55. The van der Waals surface area contributed by atoms with E-state index in [9.17, 15) is 15.0 Å². The lowest BCUT2D eigenvalue weighted by Gasteiger charge is -2.41. The van der Waals surface area contributed by atoms with E-state index < -0.39 is 11.7 Å². The van der Waals surface area contributed by atoms with Gasteiger partial charge in [0.05, 0.1) is 16.3 Å². The van der Waals surface area contributed by atoms with Gasteiger partial charge in [-0.25, -0.2) is 0 Å². The third-order valence-corrected chi connectivity index (χ3v) is 4.64. The number of aliphatic hydroxyl groups excluding tert-OH is 1. The van der Waals surface area contributed by atoms with Crippen LogP contribution in [-0.4, -0.2) is 55.6 Å². The maximum atomic E-state index is 12.4. The van der Waals surface area contributed by atoms with Crippen LogP contribution in [0.15, 0.2) is 0 Å². The summed E-state index contributed by atoms with van der Waals surface area (Å²) in [6.45, 7) is 4.08. The summed E-state index contributed by atoms with van der Waals surface area (Å²) in [6.07, 6.45) is -0.145. The Labute approximate surface area is 122 Å². The minimum atomic E-state index is -1.11. The SMILES string of the molecule is CC[C@@]1(O)CCN(C(=O)c2nn(C)c(C)c2Cl)C[C@H]1O. The van der Waals surface area contributed by atoms with Gasteiger partial charge in [-0.15, -0.1) is 0 Å². The third-order valence-electron chi connectivity index (χ3n) is 4.19. The molecule has 0 aromatic carbocycles. The van der Waals surface area contributed by atoms with Gasteiger partial charge in [0, 0.05) is 20.1 Å². The van der Waals surface area contributed by atoms with Crippen molar-refractivity contribution in [2.24, 2.45) is 7.05 Å². The molecule has 1 amide bonds. The molecule has 7 heteroatoms. The molecule has 1 aliphatic rings. The van der Waals surface area contributed by atoms with Crippen LogP contribution in [0.5, 0.6) is 0 Å². The van der Waals surface area contributed by atoms with Gasteiger partial charge in [0.2, 0.25) is 0 Å². The quantitative estimate of drug-likeness (QED) is 0.844. The highest BCUT2D eigenvalue weighted by molar-refractivity contribution is 6.34. The van der Waals surface area contributed by atoms with Crippen LogP contribution in [0, 0.1) is 6.92 Å². The number of hydrogen-bond donors (Lipinski definition) is 2. The third kappa shape index (κ3) is 2.43. The lowest BCUT2D eigenvalue weighted by molar-refractivity contribution is -0.114. The topological polar surface area (TPSA) is 78.6 Å². The molecule has 2 N–H and O–H groups in total. The normalized spacial score (nSPS) is 26.9. The summed E-state index contributed by atoms with van der Waals surface area (Å²) in [5.74, 6) is -0.309.